The highest BCUT2D eigenvalue weighted by molar-refractivity contribution is 4.57. The summed E-state index contributed by atoms with van der Waals surface area (Å²) < 4.78 is 1.49. The fourth-order valence-electron chi connectivity index (χ4n) is 4.37. The average Bonchev–Trinajstić information content (AvgIpc) is 3.02. The van der Waals surface area contributed by atoms with Gasteiger partial charge in [0.05, 0.1) is 26.2 Å². The molecule has 0 aromatic heterocycles. The van der Waals surface area contributed by atoms with Crippen LogP contribution in [0, 0.1) is 0 Å². The van der Waals surface area contributed by atoms with Crippen molar-refractivity contribution in [2.75, 3.05) is 26.2 Å². The fraction of sp³-hybridized carbons (Fsp3) is 1.00. The van der Waals surface area contributed by atoms with Gasteiger partial charge in [-0.2, -0.15) is 0 Å². The molecule has 1 fully saturated rings. The van der Waals surface area contributed by atoms with Crippen LogP contribution in [-0.2, 0) is 0 Å². The van der Waals surface area contributed by atoms with E-state index in [1.165, 1.54) is 133 Å². The maximum atomic E-state index is 2.32. The van der Waals surface area contributed by atoms with E-state index >= 15 is 0 Å². The Morgan fingerprint density at radius 3 is 1.25 bits per heavy atom. The number of halogens is 1. The molecule has 24 heavy (non-hydrogen) atoms. The smallest absolute Gasteiger partial charge is 0.0788 e. The fourth-order valence-corrected chi connectivity index (χ4v) is 4.37. The minimum atomic E-state index is 0. The molecule has 0 radical (unpaired) electrons. The third-order valence-corrected chi connectivity index (χ3v) is 5.99. The predicted molar refractivity (Wildman–Crippen MR) is 105 cm³/mol. The quantitative estimate of drug-likeness (QED) is 0.268. The second kappa shape index (κ2) is 16.9. The topological polar surface area (TPSA) is 0 Å². The number of rotatable bonds is 16. The standard InChI is InChI=1S/C22H46N.BrH/c1-3-5-7-9-10-11-12-13-14-16-20-23(21-17-18-22-23)19-15-8-6-4-2;/h3-22H2,1-2H3;1H/q+1;/p-1. The van der Waals surface area contributed by atoms with Crippen molar-refractivity contribution in [1.82, 2.24) is 0 Å². The van der Waals surface area contributed by atoms with Crippen LogP contribution < -0.4 is 17.0 Å². The number of hydrogen-bond donors (Lipinski definition) is 0. The van der Waals surface area contributed by atoms with Crippen molar-refractivity contribution >= 4 is 0 Å². The van der Waals surface area contributed by atoms with Crippen LogP contribution in [0.15, 0.2) is 0 Å². The lowest BCUT2D eigenvalue weighted by Crippen LogP contribution is -3.00. The molecule has 0 spiro atoms. The third-order valence-electron chi connectivity index (χ3n) is 5.99. The Morgan fingerprint density at radius 2 is 0.833 bits per heavy atom. The molecule has 0 bridgehead atoms. The van der Waals surface area contributed by atoms with Crippen LogP contribution in [0.5, 0.6) is 0 Å². The lowest BCUT2D eigenvalue weighted by atomic mass is 10.1. The highest BCUT2D eigenvalue weighted by Crippen LogP contribution is 2.23. The first-order valence-corrected chi connectivity index (χ1v) is 11.2. The summed E-state index contributed by atoms with van der Waals surface area (Å²) in [4.78, 5) is 0. The van der Waals surface area contributed by atoms with Crippen molar-refractivity contribution in [3.8, 4) is 0 Å². The molecule has 0 amide bonds. The third kappa shape index (κ3) is 11.9. The van der Waals surface area contributed by atoms with E-state index in [2.05, 4.69) is 13.8 Å². The van der Waals surface area contributed by atoms with E-state index in [0.29, 0.717) is 0 Å². The van der Waals surface area contributed by atoms with E-state index < -0.39 is 0 Å². The predicted octanol–water partition coefficient (Wildman–Crippen LogP) is 4.10. The molecule has 2 heteroatoms. The minimum absolute atomic E-state index is 0. The molecule has 1 aliphatic heterocycles. The summed E-state index contributed by atoms with van der Waals surface area (Å²) >= 11 is 0. The lowest BCUT2D eigenvalue weighted by molar-refractivity contribution is -0.917. The summed E-state index contributed by atoms with van der Waals surface area (Å²) in [5.41, 5.74) is 0. The zero-order valence-corrected chi connectivity index (χ0v) is 18.6. The summed E-state index contributed by atoms with van der Waals surface area (Å²) in [5, 5.41) is 0. The molecular formula is C22H46BrN. The van der Waals surface area contributed by atoms with Gasteiger partial charge in [-0.15, -0.1) is 0 Å². The molecule has 1 aliphatic rings. The van der Waals surface area contributed by atoms with Crippen LogP contribution in [0.1, 0.15) is 117 Å². The van der Waals surface area contributed by atoms with Crippen LogP contribution in [0.3, 0.4) is 0 Å². The van der Waals surface area contributed by atoms with Gasteiger partial charge in [-0.1, -0.05) is 78.1 Å². The number of hydrogen-bond acceptors (Lipinski definition) is 0. The van der Waals surface area contributed by atoms with E-state index in [1.54, 1.807) is 0 Å². The van der Waals surface area contributed by atoms with Crippen molar-refractivity contribution in [2.24, 2.45) is 0 Å². The van der Waals surface area contributed by atoms with E-state index in [9.17, 15) is 0 Å². The molecule has 0 atom stereocenters. The Bertz CT molecular complexity index is 248. The van der Waals surface area contributed by atoms with E-state index in [4.69, 9.17) is 0 Å². The number of unbranched alkanes of at least 4 members (excludes halogenated alkanes) is 12. The molecule has 0 aliphatic carbocycles. The van der Waals surface area contributed by atoms with Gasteiger partial charge in [0.25, 0.3) is 0 Å². The van der Waals surface area contributed by atoms with Crippen molar-refractivity contribution in [3.05, 3.63) is 0 Å². The number of quaternary nitrogens is 1. The lowest BCUT2D eigenvalue weighted by Gasteiger charge is -2.34. The van der Waals surface area contributed by atoms with Gasteiger partial charge in [-0.3, -0.25) is 0 Å². The zero-order chi connectivity index (χ0) is 16.6. The van der Waals surface area contributed by atoms with Crippen LogP contribution in [0.4, 0.5) is 0 Å². The van der Waals surface area contributed by atoms with Gasteiger partial charge in [-0.05, 0) is 25.7 Å². The normalized spacial score (nSPS) is 16.2. The van der Waals surface area contributed by atoms with Crippen molar-refractivity contribution in [2.45, 2.75) is 117 Å². The molecule has 0 aromatic rings. The molecule has 1 rings (SSSR count). The number of nitrogens with zero attached hydrogens (tertiary/aromatic N) is 1. The second-order valence-electron chi connectivity index (χ2n) is 8.19. The highest BCUT2D eigenvalue weighted by atomic mass is 79.9. The first-order valence-electron chi connectivity index (χ1n) is 11.2. The Hall–Kier alpha value is 0.440. The minimum Gasteiger partial charge on any atom is -1.00 e. The van der Waals surface area contributed by atoms with Crippen molar-refractivity contribution in [3.63, 3.8) is 0 Å². The molecule has 0 N–H and O–H groups in total. The maximum absolute atomic E-state index is 2.32. The van der Waals surface area contributed by atoms with E-state index in [0.717, 1.165) is 0 Å². The second-order valence-corrected chi connectivity index (χ2v) is 8.19. The maximum Gasteiger partial charge on any atom is 0.0788 e. The largest absolute Gasteiger partial charge is 1.00 e. The van der Waals surface area contributed by atoms with Gasteiger partial charge in [0.15, 0.2) is 0 Å². The molecule has 0 aromatic carbocycles. The van der Waals surface area contributed by atoms with Crippen molar-refractivity contribution < 1.29 is 21.5 Å². The van der Waals surface area contributed by atoms with Gasteiger partial charge in [0, 0.05) is 12.8 Å². The molecular weight excluding hydrogens is 358 g/mol. The molecule has 1 heterocycles. The summed E-state index contributed by atoms with van der Waals surface area (Å²) in [6.45, 7) is 10.6. The van der Waals surface area contributed by atoms with E-state index in [-0.39, 0.29) is 17.0 Å². The van der Waals surface area contributed by atoms with Crippen LogP contribution >= 0.6 is 0 Å². The van der Waals surface area contributed by atoms with Gasteiger partial charge in [-0.25, -0.2) is 0 Å². The molecule has 1 saturated heterocycles. The van der Waals surface area contributed by atoms with Crippen LogP contribution in [-0.4, -0.2) is 30.7 Å². The van der Waals surface area contributed by atoms with Crippen LogP contribution in [0.25, 0.3) is 0 Å². The van der Waals surface area contributed by atoms with Crippen molar-refractivity contribution in [1.29, 1.82) is 0 Å². The summed E-state index contributed by atoms with van der Waals surface area (Å²) in [5.74, 6) is 0. The zero-order valence-electron chi connectivity index (χ0n) is 17.0. The van der Waals surface area contributed by atoms with Gasteiger partial charge in [0.2, 0.25) is 0 Å². The van der Waals surface area contributed by atoms with Crippen LogP contribution in [0.2, 0.25) is 0 Å². The summed E-state index contributed by atoms with van der Waals surface area (Å²) in [7, 11) is 0. The average molecular weight is 405 g/mol. The monoisotopic (exact) mass is 403 g/mol. The first-order chi connectivity index (χ1) is 11.3. The Balaban J connectivity index is 0.00000529. The SMILES string of the molecule is CCCCCCCCCCCC[N+]1(CCCCCC)CCCC1.[Br-]. The first kappa shape index (κ1) is 24.4. The summed E-state index contributed by atoms with van der Waals surface area (Å²) in [6, 6.07) is 0. The summed E-state index contributed by atoms with van der Waals surface area (Å²) in [6.07, 6.45) is 23.4. The molecule has 0 saturated carbocycles. The Kier molecular flexibility index (Phi) is 17.2. The Morgan fingerprint density at radius 1 is 0.500 bits per heavy atom. The van der Waals surface area contributed by atoms with Gasteiger partial charge < -0.3 is 21.5 Å². The molecule has 146 valence electrons. The number of likely N-dealkylation sites (tertiary alicyclic amines) is 1. The Labute approximate surface area is 164 Å². The van der Waals surface area contributed by atoms with E-state index in [1.807, 2.05) is 0 Å². The highest BCUT2D eigenvalue weighted by Gasteiger charge is 2.30. The van der Waals surface area contributed by atoms with Gasteiger partial charge >= 0.3 is 0 Å². The molecule has 1 nitrogen and oxygen atoms in total. The van der Waals surface area contributed by atoms with Gasteiger partial charge in [0.1, 0.15) is 0 Å². The molecule has 0 unspecified atom stereocenters.